The fraction of sp³-hybridized carbons (Fsp3) is 0.250. The van der Waals surface area contributed by atoms with Crippen LogP contribution in [0.15, 0.2) is 31.5 Å². The highest BCUT2D eigenvalue weighted by molar-refractivity contribution is 5.71. The van der Waals surface area contributed by atoms with E-state index in [0.717, 1.165) is 5.69 Å². The van der Waals surface area contributed by atoms with Crippen LogP contribution in [0.1, 0.15) is 25.1 Å². The van der Waals surface area contributed by atoms with Crippen LogP contribution in [0.4, 0.5) is 4.39 Å². The van der Waals surface area contributed by atoms with Crippen LogP contribution in [0.2, 0.25) is 0 Å². The minimum Gasteiger partial charge on any atom is -0.259 e. The lowest BCUT2D eigenvalue weighted by Gasteiger charge is -2.02. The molecule has 0 unspecified atom stereocenters. The van der Waals surface area contributed by atoms with Crippen molar-refractivity contribution in [1.29, 1.82) is 0 Å². The van der Waals surface area contributed by atoms with Gasteiger partial charge >= 0.3 is 0 Å². The Morgan fingerprint density at radius 3 is 2.57 bits per heavy atom. The summed E-state index contributed by atoms with van der Waals surface area (Å²) in [6.07, 6.45) is 2.72. The molecule has 0 bridgehead atoms. The third-order valence-corrected chi connectivity index (χ3v) is 1.58. The van der Waals surface area contributed by atoms with Crippen molar-refractivity contribution in [2.24, 2.45) is 0 Å². The monoisotopic (exact) mass is 193 g/mol. The average Bonchev–Trinajstić information content (AvgIpc) is 2.23. The van der Waals surface area contributed by atoms with Gasteiger partial charge in [0.05, 0.1) is 6.20 Å². The van der Waals surface area contributed by atoms with Gasteiger partial charge in [0.1, 0.15) is 5.82 Å². The summed E-state index contributed by atoms with van der Waals surface area (Å²) in [7, 11) is 0. The van der Waals surface area contributed by atoms with Crippen molar-refractivity contribution in [1.82, 2.24) is 4.98 Å². The first kappa shape index (κ1) is 12.6. The lowest BCUT2D eigenvalue weighted by Crippen LogP contribution is -1.90. The van der Waals surface area contributed by atoms with E-state index in [1.807, 2.05) is 13.8 Å². The van der Waals surface area contributed by atoms with Crippen LogP contribution in [0, 0.1) is 12.7 Å². The van der Waals surface area contributed by atoms with Gasteiger partial charge in [0.2, 0.25) is 0 Å². The smallest absolute Gasteiger partial charge is 0.149 e. The van der Waals surface area contributed by atoms with Gasteiger partial charge < -0.3 is 0 Å². The molecule has 1 heterocycles. The quantitative estimate of drug-likeness (QED) is 0.652. The molecule has 1 rings (SSSR count). The summed E-state index contributed by atoms with van der Waals surface area (Å²) < 4.78 is 13.0. The van der Waals surface area contributed by atoms with Crippen molar-refractivity contribution in [3.05, 3.63) is 48.6 Å². The van der Waals surface area contributed by atoms with Gasteiger partial charge in [-0.15, -0.1) is 0 Å². The van der Waals surface area contributed by atoms with Gasteiger partial charge in [0, 0.05) is 11.3 Å². The van der Waals surface area contributed by atoms with E-state index < -0.39 is 0 Å². The van der Waals surface area contributed by atoms with Crippen molar-refractivity contribution < 1.29 is 4.39 Å². The van der Waals surface area contributed by atoms with Crippen LogP contribution in [0.25, 0.3) is 5.57 Å². The van der Waals surface area contributed by atoms with E-state index in [-0.39, 0.29) is 5.82 Å². The van der Waals surface area contributed by atoms with Crippen LogP contribution in [0.3, 0.4) is 0 Å². The van der Waals surface area contributed by atoms with Crippen molar-refractivity contribution >= 4 is 5.57 Å². The summed E-state index contributed by atoms with van der Waals surface area (Å²) in [6.45, 7) is 13.0. The fourth-order valence-corrected chi connectivity index (χ4v) is 0.899. The standard InChI is InChI=1S/C10H10FN.C2H6/c1-4-7(2)9-5-8(3)12-6-10(9)11;1-2/h4-6H,1-2H2,3H3;1-2H3. The molecule has 0 aromatic carbocycles. The Kier molecular flexibility index (Phi) is 5.46. The molecule has 14 heavy (non-hydrogen) atoms. The molecule has 2 heteroatoms. The second-order valence-electron chi connectivity index (χ2n) is 2.53. The lowest BCUT2D eigenvalue weighted by molar-refractivity contribution is 0.616. The molecule has 0 fully saturated rings. The third kappa shape index (κ3) is 3.13. The Morgan fingerprint density at radius 2 is 2.07 bits per heavy atom. The molecule has 0 aliphatic heterocycles. The van der Waals surface area contributed by atoms with Crippen LogP contribution in [-0.4, -0.2) is 4.98 Å². The molecule has 0 atom stereocenters. The number of nitrogens with zero attached hydrogens (tertiary/aromatic N) is 1. The minimum absolute atomic E-state index is 0.356. The van der Waals surface area contributed by atoms with Crippen LogP contribution in [-0.2, 0) is 0 Å². The SMILES string of the molecule is C=CC(=C)c1cc(C)ncc1F.CC. The van der Waals surface area contributed by atoms with Crippen molar-refractivity contribution in [3.8, 4) is 0 Å². The Labute approximate surface area is 85.0 Å². The molecule has 1 nitrogen and oxygen atoms in total. The molecular weight excluding hydrogens is 177 g/mol. The normalized spacial score (nSPS) is 8.57. The Hall–Kier alpha value is -1.44. The number of hydrogen-bond donors (Lipinski definition) is 0. The average molecular weight is 193 g/mol. The Balaban J connectivity index is 0.000000791. The Morgan fingerprint density at radius 1 is 1.50 bits per heavy atom. The zero-order valence-electron chi connectivity index (χ0n) is 8.97. The zero-order valence-corrected chi connectivity index (χ0v) is 8.97. The van der Waals surface area contributed by atoms with Crippen molar-refractivity contribution in [3.63, 3.8) is 0 Å². The molecule has 1 aromatic heterocycles. The van der Waals surface area contributed by atoms with E-state index in [1.165, 1.54) is 12.3 Å². The molecule has 0 aliphatic rings. The predicted molar refractivity (Wildman–Crippen MR) is 59.5 cm³/mol. The number of pyridine rings is 1. The topological polar surface area (TPSA) is 12.9 Å². The number of rotatable bonds is 2. The van der Waals surface area contributed by atoms with E-state index in [0.29, 0.717) is 11.1 Å². The molecule has 0 aliphatic carbocycles. The maximum atomic E-state index is 13.0. The van der Waals surface area contributed by atoms with Gasteiger partial charge in [-0.1, -0.05) is 33.1 Å². The van der Waals surface area contributed by atoms with Gasteiger partial charge in [0.25, 0.3) is 0 Å². The van der Waals surface area contributed by atoms with E-state index in [9.17, 15) is 4.39 Å². The van der Waals surface area contributed by atoms with Crippen LogP contribution in [0.5, 0.6) is 0 Å². The lowest BCUT2D eigenvalue weighted by atomic mass is 10.1. The highest BCUT2D eigenvalue weighted by Crippen LogP contribution is 2.16. The number of hydrogen-bond acceptors (Lipinski definition) is 1. The molecule has 0 amide bonds. The molecule has 0 N–H and O–H groups in total. The van der Waals surface area contributed by atoms with Crippen molar-refractivity contribution in [2.45, 2.75) is 20.8 Å². The van der Waals surface area contributed by atoms with Gasteiger partial charge in [-0.2, -0.15) is 0 Å². The summed E-state index contributed by atoms with van der Waals surface area (Å²) in [6, 6.07) is 1.65. The van der Waals surface area contributed by atoms with E-state index in [1.54, 1.807) is 13.0 Å². The number of aromatic nitrogens is 1. The molecular formula is C12H16FN. The third-order valence-electron chi connectivity index (χ3n) is 1.58. The Bertz CT molecular complexity index is 329. The first-order valence-corrected chi connectivity index (χ1v) is 4.59. The van der Waals surface area contributed by atoms with E-state index in [2.05, 4.69) is 18.1 Å². The second kappa shape index (κ2) is 6.08. The van der Waals surface area contributed by atoms with E-state index in [4.69, 9.17) is 0 Å². The van der Waals surface area contributed by atoms with Gasteiger partial charge in [-0.25, -0.2) is 4.39 Å². The molecule has 0 radical (unpaired) electrons. The van der Waals surface area contributed by atoms with Crippen LogP contribution < -0.4 is 0 Å². The maximum Gasteiger partial charge on any atom is 0.149 e. The number of allylic oxidation sites excluding steroid dienone is 2. The van der Waals surface area contributed by atoms with Crippen molar-refractivity contribution in [2.75, 3.05) is 0 Å². The number of halogens is 1. The second-order valence-corrected chi connectivity index (χ2v) is 2.53. The van der Waals surface area contributed by atoms with Crippen LogP contribution >= 0.6 is 0 Å². The predicted octanol–water partition coefficient (Wildman–Crippen LogP) is 3.75. The summed E-state index contributed by atoms with van der Waals surface area (Å²) in [5.74, 6) is -0.356. The highest BCUT2D eigenvalue weighted by Gasteiger charge is 2.03. The molecule has 1 aromatic rings. The first-order chi connectivity index (χ1) is 6.65. The summed E-state index contributed by atoms with van der Waals surface area (Å²) >= 11 is 0. The van der Waals surface area contributed by atoms with Gasteiger partial charge in [0.15, 0.2) is 0 Å². The maximum absolute atomic E-state index is 13.0. The fourth-order valence-electron chi connectivity index (χ4n) is 0.899. The molecule has 0 saturated heterocycles. The molecule has 0 spiro atoms. The summed E-state index contributed by atoms with van der Waals surface area (Å²) in [4.78, 5) is 3.81. The molecule has 76 valence electrons. The molecule has 0 saturated carbocycles. The minimum atomic E-state index is -0.356. The van der Waals surface area contributed by atoms with Gasteiger partial charge in [-0.05, 0) is 18.6 Å². The number of aryl methyl sites for hydroxylation is 1. The largest absolute Gasteiger partial charge is 0.259 e. The summed E-state index contributed by atoms with van der Waals surface area (Å²) in [5.41, 5.74) is 1.82. The highest BCUT2D eigenvalue weighted by atomic mass is 19.1. The first-order valence-electron chi connectivity index (χ1n) is 4.59. The van der Waals surface area contributed by atoms with Gasteiger partial charge in [-0.3, -0.25) is 4.98 Å². The zero-order chi connectivity index (χ0) is 11.1. The van der Waals surface area contributed by atoms with E-state index >= 15 is 0 Å². The summed E-state index contributed by atoms with van der Waals surface area (Å²) in [5, 5.41) is 0.